The van der Waals surface area contributed by atoms with Gasteiger partial charge in [-0.05, 0) is 55.3 Å². The van der Waals surface area contributed by atoms with E-state index in [0.29, 0.717) is 53.4 Å². The Kier molecular flexibility index (Phi) is 7.04. The summed E-state index contributed by atoms with van der Waals surface area (Å²) in [6.07, 6.45) is 7.00. The van der Waals surface area contributed by atoms with Gasteiger partial charge in [-0.15, -0.1) is 0 Å². The molecule has 1 aromatic carbocycles. The second-order valence-corrected chi connectivity index (χ2v) is 8.87. The van der Waals surface area contributed by atoms with Gasteiger partial charge in [-0.25, -0.2) is 19.3 Å². The molecule has 0 fully saturated rings. The molecule has 0 saturated heterocycles. The lowest BCUT2D eigenvalue weighted by atomic mass is 10.0. The Hall–Kier alpha value is -5.06. The van der Waals surface area contributed by atoms with Crippen LogP contribution in [0.15, 0.2) is 67.7 Å². The van der Waals surface area contributed by atoms with Crippen LogP contribution in [0.3, 0.4) is 0 Å². The molecule has 0 bridgehead atoms. The molecule has 39 heavy (non-hydrogen) atoms. The highest BCUT2D eigenvalue weighted by Gasteiger charge is 2.18. The van der Waals surface area contributed by atoms with Gasteiger partial charge in [0.25, 0.3) is 0 Å². The third kappa shape index (κ3) is 5.19. The molecule has 0 atom stereocenters. The van der Waals surface area contributed by atoms with Crippen molar-refractivity contribution in [3.63, 3.8) is 0 Å². The van der Waals surface area contributed by atoms with Crippen molar-refractivity contribution in [1.29, 1.82) is 5.41 Å². The fourth-order valence-electron chi connectivity index (χ4n) is 4.31. The van der Waals surface area contributed by atoms with Crippen molar-refractivity contribution >= 4 is 34.0 Å². The first-order valence-corrected chi connectivity index (χ1v) is 12.3. The minimum atomic E-state index is -0.496. The van der Waals surface area contributed by atoms with E-state index in [9.17, 15) is 4.79 Å². The summed E-state index contributed by atoms with van der Waals surface area (Å²) in [7, 11) is 1.70. The molecule has 5 rings (SSSR count). The van der Waals surface area contributed by atoms with Crippen LogP contribution in [-0.4, -0.2) is 50.6 Å². The van der Waals surface area contributed by atoms with Gasteiger partial charge >= 0.3 is 0 Å². The fourth-order valence-corrected chi connectivity index (χ4v) is 4.31. The van der Waals surface area contributed by atoms with Gasteiger partial charge < -0.3 is 20.4 Å². The van der Waals surface area contributed by atoms with Crippen molar-refractivity contribution in [2.75, 3.05) is 30.9 Å². The summed E-state index contributed by atoms with van der Waals surface area (Å²) in [5.74, 6) is 0.525. The number of hydrogen-bond donors (Lipinski definition) is 3. The number of aromatic nitrogens is 4. The van der Waals surface area contributed by atoms with Gasteiger partial charge in [0.2, 0.25) is 5.91 Å². The van der Waals surface area contributed by atoms with Crippen LogP contribution in [0.5, 0.6) is 11.5 Å². The maximum absolute atomic E-state index is 15.4. The largest absolute Gasteiger partial charge is 0.457 e. The molecule has 1 amide bonds. The third-order valence-electron chi connectivity index (χ3n) is 6.49. The van der Waals surface area contributed by atoms with E-state index >= 15 is 4.39 Å². The molecule has 1 aliphatic heterocycles. The molecule has 3 aromatic heterocycles. The Morgan fingerprint density at radius 1 is 1.23 bits per heavy atom. The van der Waals surface area contributed by atoms with E-state index < -0.39 is 5.82 Å². The SMILES string of the molecule is C=CC(=O)N1CC=C(c2ccc3ncnc(Nc4ccc(Oc5ccn(NC)c(=N)c5)c(C)c4F)c3n2)CC1. The van der Waals surface area contributed by atoms with Crippen LogP contribution in [-0.2, 0) is 4.79 Å². The molecule has 10 nitrogen and oxygen atoms in total. The molecular weight excluding hydrogens is 499 g/mol. The number of carbonyl (C=O) groups excluding carboxylic acids is 1. The molecule has 198 valence electrons. The summed E-state index contributed by atoms with van der Waals surface area (Å²) in [6, 6.07) is 10.2. The van der Waals surface area contributed by atoms with Crippen molar-refractivity contribution in [2.24, 2.45) is 0 Å². The summed E-state index contributed by atoms with van der Waals surface area (Å²) in [5.41, 5.74) is 6.44. The lowest BCUT2D eigenvalue weighted by Crippen LogP contribution is -2.33. The van der Waals surface area contributed by atoms with E-state index in [2.05, 4.69) is 27.3 Å². The summed E-state index contributed by atoms with van der Waals surface area (Å²) in [4.78, 5) is 27.0. The minimum absolute atomic E-state index is 0.0998. The van der Waals surface area contributed by atoms with Crippen molar-refractivity contribution in [3.05, 3.63) is 90.2 Å². The average Bonchev–Trinajstić information content (AvgIpc) is 2.96. The number of fused-ring (bicyclic) bond motifs is 1. The fraction of sp³-hybridized carbons (Fsp3) is 0.179. The maximum Gasteiger partial charge on any atom is 0.246 e. The van der Waals surface area contributed by atoms with E-state index in [4.69, 9.17) is 15.1 Å². The Morgan fingerprint density at radius 3 is 2.79 bits per heavy atom. The third-order valence-corrected chi connectivity index (χ3v) is 6.49. The molecule has 0 radical (unpaired) electrons. The van der Waals surface area contributed by atoms with E-state index in [-0.39, 0.29) is 17.1 Å². The van der Waals surface area contributed by atoms with Crippen LogP contribution in [0.1, 0.15) is 17.7 Å². The number of rotatable bonds is 7. The summed E-state index contributed by atoms with van der Waals surface area (Å²) in [5, 5.41) is 11.1. The van der Waals surface area contributed by atoms with Crippen LogP contribution < -0.4 is 21.0 Å². The normalized spacial score (nSPS) is 13.1. The minimum Gasteiger partial charge on any atom is -0.457 e. The van der Waals surface area contributed by atoms with Crippen molar-refractivity contribution < 1.29 is 13.9 Å². The van der Waals surface area contributed by atoms with Gasteiger partial charge in [-0.1, -0.05) is 12.7 Å². The Balaban J connectivity index is 1.41. The number of anilines is 2. The number of hydrogen-bond acceptors (Lipinski definition) is 8. The highest BCUT2D eigenvalue weighted by Crippen LogP contribution is 2.33. The van der Waals surface area contributed by atoms with Gasteiger partial charge in [-0.3, -0.25) is 14.9 Å². The second kappa shape index (κ2) is 10.7. The number of ether oxygens (including phenoxy) is 1. The van der Waals surface area contributed by atoms with Crippen molar-refractivity contribution in [1.82, 2.24) is 24.5 Å². The topological polar surface area (TPSA) is 121 Å². The van der Waals surface area contributed by atoms with Gasteiger partial charge in [0, 0.05) is 38.0 Å². The highest BCUT2D eigenvalue weighted by molar-refractivity contribution is 5.89. The number of nitrogens with zero attached hydrogens (tertiary/aromatic N) is 5. The molecule has 1 aliphatic rings. The number of halogens is 1. The van der Waals surface area contributed by atoms with Crippen molar-refractivity contribution in [3.8, 4) is 11.5 Å². The standard InChI is InChI=1S/C28H27FN8O2/c1-4-25(38)36-12-9-18(10-13-36)20-5-6-22-27(34-20)28(33-16-32-22)35-21-7-8-23(17(2)26(21)29)39-19-11-14-37(31-3)24(30)15-19/h4-9,11,14-16,30-31H,1,10,12-13H2,2-3H3,(H,32,33,35). The average molecular weight is 527 g/mol. The quantitative estimate of drug-likeness (QED) is 0.308. The van der Waals surface area contributed by atoms with Crippen LogP contribution in [0.4, 0.5) is 15.9 Å². The first-order chi connectivity index (χ1) is 18.9. The smallest absolute Gasteiger partial charge is 0.246 e. The predicted molar refractivity (Wildman–Crippen MR) is 147 cm³/mol. The van der Waals surface area contributed by atoms with Gasteiger partial charge in [0.05, 0.1) is 16.9 Å². The van der Waals surface area contributed by atoms with Crippen LogP contribution in [0, 0.1) is 18.2 Å². The number of carbonyl (C=O) groups is 1. The van der Waals surface area contributed by atoms with Crippen LogP contribution in [0.2, 0.25) is 0 Å². The first kappa shape index (κ1) is 25.6. The Morgan fingerprint density at radius 2 is 2.08 bits per heavy atom. The zero-order chi connectivity index (χ0) is 27.5. The molecule has 4 heterocycles. The van der Waals surface area contributed by atoms with Crippen LogP contribution >= 0.6 is 0 Å². The van der Waals surface area contributed by atoms with Crippen molar-refractivity contribution in [2.45, 2.75) is 13.3 Å². The molecule has 0 unspecified atom stereocenters. The van der Waals surface area contributed by atoms with Gasteiger partial charge in [-0.2, -0.15) is 0 Å². The second-order valence-electron chi connectivity index (χ2n) is 8.87. The lowest BCUT2D eigenvalue weighted by Gasteiger charge is -2.25. The van der Waals surface area contributed by atoms with E-state index in [1.165, 1.54) is 23.1 Å². The van der Waals surface area contributed by atoms with Gasteiger partial charge in [0.15, 0.2) is 11.6 Å². The summed E-state index contributed by atoms with van der Waals surface area (Å²) >= 11 is 0. The zero-order valence-electron chi connectivity index (χ0n) is 21.5. The van der Waals surface area contributed by atoms with E-state index in [1.54, 1.807) is 43.3 Å². The molecule has 0 spiro atoms. The summed E-state index contributed by atoms with van der Waals surface area (Å²) < 4.78 is 22.8. The number of amides is 1. The Bertz CT molecular complexity index is 1680. The first-order valence-electron chi connectivity index (χ1n) is 12.3. The number of benzene rings is 1. The number of pyridine rings is 2. The molecule has 0 aliphatic carbocycles. The zero-order valence-corrected chi connectivity index (χ0v) is 21.5. The number of nitrogens with one attached hydrogen (secondary N) is 3. The van der Waals surface area contributed by atoms with E-state index in [1.807, 2.05) is 18.2 Å². The molecular formula is C28H27FN8O2. The van der Waals surface area contributed by atoms with Crippen LogP contribution in [0.25, 0.3) is 16.6 Å². The summed E-state index contributed by atoms with van der Waals surface area (Å²) in [6.45, 7) is 6.23. The molecule has 11 heteroatoms. The molecule has 4 aromatic rings. The lowest BCUT2D eigenvalue weighted by molar-refractivity contribution is -0.125. The highest BCUT2D eigenvalue weighted by atomic mass is 19.1. The monoisotopic (exact) mass is 526 g/mol. The molecule has 3 N–H and O–H groups in total. The van der Waals surface area contributed by atoms with Gasteiger partial charge in [0.1, 0.15) is 28.8 Å². The van der Waals surface area contributed by atoms with E-state index in [0.717, 1.165) is 11.3 Å². The molecule has 0 saturated carbocycles. The predicted octanol–water partition coefficient (Wildman–Crippen LogP) is 4.26. The maximum atomic E-state index is 15.4. The Labute approximate surface area is 224 Å².